The highest BCUT2D eigenvalue weighted by Crippen LogP contribution is 2.33. The molecule has 0 aliphatic carbocycles. The summed E-state index contributed by atoms with van der Waals surface area (Å²) in [6, 6.07) is 10.6. The normalized spacial score (nSPS) is 20.1. The molecule has 2 aliphatic heterocycles. The Balaban J connectivity index is 1.52. The smallest absolute Gasteiger partial charge is 0.270 e. The minimum absolute atomic E-state index is 0.0299. The first-order valence-corrected chi connectivity index (χ1v) is 11.3. The Morgan fingerprint density at radius 3 is 2.62 bits per heavy atom. The second-order valence-electron chi connectivity index (χ2n) is 9.24. The van der Waals surface area contributed by atoms with Crippen LogP contribution in [-0.4, -0.2) is 55.5 Å². The molecule has 2 aromatic carbocycles. The zero-order valence-corrected chi connectivity index (χ0v) is 19.0. The largest absolute Gasteiger partial charge is 0.322 e. The van der Waals surface area contributed by atoms with Crippen LogP contribution in [0.3, 0.4) is 0 Å². The maximum absolute atomic E-state index is 14.5. The van der Waals surface area contributed by atoms with Crippen LogP contribution < -0.4 is 10.6 Å². The van der Waals surface area contributed by atoms with Crippen LogP contribution >= 0.6 is 0 Å². The standard InChI is InChI=1S/C25H32F2N4O/c1-17-14-28-15-20-12-18(5-7-22(17)20)24(32)29-21-6-4-19(23(13-21)25(2,26)27)16-31-10-8-30(3)9-11-31/h4-7,12-13,17,28H,8-11,14-16H2,1-3H3,(H,29,32)/t17-/m0/s1. The number of piperazine rings is 1. The van der Waals surface area contributed by atoms with Gasteiger partial charge in [0.05, 0.1) is 0 Å². The van der Waals surface area contributed by atoms with E-state index in [1.165, 1.54) is 11.6 Å². The first kappa shape index (κ1) is 22.8. The van der Waals surface area contributed by atoms with Crippen LogP contribution in [0.4, 0.5) is 14.5 Å². The Morgan fingerprint density at radius 2 is 1.91 bits per heavy atom. The summed E-state index contributed by atoms with van der Waals surface area (Å²) in [5, 5.41) is 6.16. The lowest BCUT2D eigenvalue weighted by atomic mass is 9.91. The van der Waals surface area contributed by atoms with E-state index in [0.29, 0.717) is 29.3 Å². The Bertz CT molecular complexity index is 980. The highest BCUT2D eigenvalue weighted by molar-refractivity contribution is 6.04. The molecule has 2 N–H and O–H groups in total. The third kappa shape index (κ3) is 5.17. The van der Waals surface area contributed by atoms with Gasteiger partial charge in [0.2, 0.25) is 0 Å². The third-order valence-corrected chi connectivity index (χ3v) is 6.53. The number of carbonyl (C=O) groups is 1. The van der Waals surface area contributed by atoms with E-state index in [2.05, 4.69) is 34.4 Å². The van der Waals surface area contributed by atoms with Crippen LogP contribution in [0.15, 0.2) is 36.4 Å². The van der Waals surface area contributed by atoms with Gasteiger partial charge in [0.25, 0.3) is 11.8 Å². The number of fused-ring (bicyclic) bond motifs is 1. The molecule has 172 valence electrons. The van der Waals surface area contributed by atoms with Gasteiger partial charge in [-0.3, -0.25) is 9.69 Å². The maximum atomic E-state index is 14.5. The van der Waals surface area contributed by atoms with Crippen molar-refractivity contribution in [3.05, 3.63) is 64.2 Å². The van der Waals surface area contributed by atoms with Gasteiger partial charge < -0.3 is 15.5 Å². The number of hydrogen-bond acceptors (Lipinski definition) is 4. The lowest BCUT2D eigenvalue weighted by molar-refractivity contribution is 0.0155. The maximum Gasteiger partial charge on any atom is 0.270 e. The lowest BCUT2D eigenvalue weighted by Gasteiger charge is -2.33. The second-order valence-corrected chi connectivity index (χ2v) is 9.24. The number of halogens is 2. The molecule has 1 amide bonds. The molecule has 2 aromatic rings. The number of nitrogens with one attached hydrogen (secondary N) is 2. The van der Waals surface area contributed by atoms with Crippen molar-refractivity contribution in [2.75, 3.05) is 45.1 Å². The average Bonchev–Trinajstić information content (AvgIpc) is 2.75. The minimum Gasteiger partial charge on any atom is -0.322 e. The van der Waals surface area contributed by atoms with E-state index < -0.39 is 5.92 Å². The van der Waals surface area contributed by atoms with Gasteiger partial charge in [0.1, 0.15) is 0 Å². The molecule has 2 heterocycles. The molecule has 5 nitrogen and oxygen atoms in total. The second kappa shape index (κ2) is 9.25. The number of alkyl halides is 2. The molecule has 0 unspecified atom stereocenters. The van der Waals surface area contributed by atoms with Crippen LogP contribution in [0.1, 0.15) is 52.4 Å². The van der Waals surface area contributed by atoms with Gasteiger partial charge in [-0.2, -0.15) is 0 Å². The Hall–Kier alpha value is -2.35. The van der Waals surface area contributed by atoms with E-state index in [1.54, 1.807) is 12.1 Å². The molecule has 1 saturated heterocycles. The lowest BCUT2D eigenvalue weighted by Crippen LogP contribution is -2.44. The van der Waals surface area contributed by atoms with Crippen molar-refractivity contribution >= 4 is 11.6 Å². The molecule has 0 radical (unpaired) electrons. The number of nitrogens with zero attached hydrogens (tertiary/aromatic N) is 2. The first-order valence-electron chi connectivity index (χ1n) is 11.3. The summed E-state index contributed by atoms with van der Waals surface area (Å²) in [5.74, 6) is -2.88. The molecular weight excluding hydrogens is 410 g/mol. The van der Waals surface area contributed by atoms with Crippen molar-refractivity contribution in [3.63, 3.8) is 0 Å². The van der Waals surface area contributed by atoms with Gasteiger partial charge in [-0.25, -0.2) is 8.78 Å². The summed E-state index contributed by atoms with van der Waals surface area (Å²) in [6.07, 6.45) is 0. The summed E-state index contributed by atoms with van der Waals surface area (Å²) in [6.45, 7) is 8.78. The van der Waals surface area contributed by atoms with Crippen molar-refractivity contribution in [2.45, 2.75) is 38.8 Å². The first-order chi connectivity index (χ1) is 15.2. The average molecular weight is 443 g/mol. The van der Waals surface area contributed by atoms with E-state index in [1.807, 2.05) is 18.2 Å². The van der Waals surface area contributed by atoms with Crippen molar-refractivity contribution < 1.29 is 13.6 Å². The van der Waals surface area contributed by atoms with E-state index in [4.69, 9.17) is 0 Å². The van der Waals surface area contributed by atoms with Gasteiger partial charge in [-0.1, -0.05) is 19.1 Å². The molecule has 7 heteroatoms. The number of rotatable bonds is 5. The number of likely N-dealkylation sites (N-methyl/N-ethyl adjacent to an activating group) is 1. The SMILES string of the molecule is C[C@H]1CNCc2cc(C(=O)Nc3ccc(CN4CCN(C)CC4)c(C(C)(F)F)c3)ccc21. The number of carbonyl (C=O) groups excluding carboxylic acids is 1. The number of anilines is 1. The summed E-state index contributed by atoms with van der Waals surface area (Å²) in [7, 11) is 2.07. The van der Waals surface area contributed by atoms with Gasteiger partial charge in [-0.05, 0) is 53.9 Å². The third-order valence-electron chi connectivity index (χ3n) is 6.53. The summed E-state index contributed by atoms with van der Waals surface area (Å²) in [5.41, 5.74) is 3.86. The zero-order chi connectivity index (χ0) is 22.9. The molecule has 0 bridgehead atoms. The molecular formula is C25H32F2N4O. The van der Waals surface area contributed by atoms with Crippen LogP contribution in [-0.2, 0) is 19.0 Å². The fourth-order valence-corrected chi connectivity index (χ4v) is 4.57. The van der Waals surface area contributed by atoms with Crippen LogP contribution in [0.5, 0.6) is 0 Å². The van der Waals surface area contributed by atoms with Crippen molar-refractivity contribution in [1.29, 1.82) is 0 Å². The summed E-state index contributed by atoms with van der Waals surface area (Å²) < 4.78 is 28.9. The van der Waals surface area contributed by atoms with Gasteiger partial charge >= 0.3 is 0 Å². The van der Waals surface area contributed by atoms with Crippen LogP contribution in [0.25, 0.3) is 0 Å². The van der Waals surface area contributed by atoms with E-state index in [0.717, 1.165) is 51.8 Å². The summed E-state index contributed by atoms with van der Waals surface area (Å²) in [4.78, 5) is 17.3. The van der Waals surface area contributed by atoms with Gasteiger partial charge in [-0.15, -0.1) is 0 Å². The predicted octanol–water partition coefficient (Wildman–Crippen LogP) is 4.00. The van der Waals surface area contributed by atoms with E-state index in [9.17, 15) is 13.6 Å². The minimum atomic E-state index is -2.99. The fraction of sp³-hybridized carbons (Fsp3) is 0.480. The molecule has 4 rings (SSSR count). The molecule has 0 saturated carbocycles. The Kier molecular flexibility index (Phi) is 6.60. The molecule has 1 fully saturated rings. The van der Waals surface area contributed by atoms with Gasteiger partial charge in [0, 0.05) is 69.6 Å². The summed E-state index contributed by atoms with van der Waals surface area (Å²) >= 11 is 0. The highest BCUT2D eigenvalue weighted by atomic mass is 19.3. The van der Waals surface area contributed by atoms with Gasteiger partial charge in [0.15, 0.2) is 0 Å². The van der Waals surface area contributed by atoms with Crippen molar-refractivity contribution in [3.8, 4) is 0 Å². The monoisotopic (exact) mass is 442 g/mol. The highest BCUT2D eigenvalue weighted by Gasteiger charge is 2.29. The number of benzene rings is 2. The number of amides is 1. The van der Waals surface area contributed by atoms with E-state index in [-0.39, 0.29) is 11.5 Å². The molecule has 0 aromatic heterocycles. The fourth-order valence-electron chi connectivity index (χ4n) is 4.57. The van der Waals surface area contributed by atoms with Crippen LogP contribution in [0.2, 0.25) is 0 Å². The molecule has 0 spiro atoms. The topological polar surface area (TPSA) is 47.6 Å². The van der Waals surface area contributed by atoms with Crippen molar-refractivity contribution in [2.24, 2.45) is 0 Å². The number of hydrogen-bond donors (Lipinski definition) is 2. The van der Waals surface area contributed by atoms with Crippen molar-refractivity contribution in [1.82, 2.24) is 15.1 Å². The quantitative estimate of drug-likeness (QED) is 0.735. The Morgan fingerprint density at radius 1 is 1.16 bits per heavy atom. The molecule has 32 heavy (non-hydrogen) atoms. The van der Waals surface area contributed by atoms with Crippen LogP contribution in [0, 0.1) is 0 Å². The zero-order valence-electron chi connectivity index (χ0n) is 19.0. The Labute approximate surface area is 188 Å². The predicted molar refractivity (Wildman–Crippen MR) is 123 cm³/mol. The molecule has 1 atom stereocenters. The molecule has 2 aliphatic rings. The van der Waals surface area contributed by atoms with E-state index >= 15 is 0 Å².